The van der Waals surface area contributed by atoms with E-state index in [-0.39, 0.29) is 11.7 Å². The predicted molar refractivity (Wildman–Crippen MR) is 74.8 cm³/mol. The minimum atomic E-state index is -1.33. The summed E-state index contributed by atoms with van der Waals surface area (Å²) in [5.41, 5.74) is 7.12. The van der Waals surface area contributed by atoms with Crippen LogP contribution in [0.5, 0.6) is 0 Å². The molecule has 0 saturated heterocycles. The molecule has 1 rings (SSSR count). The Morgan fingerprint density at radius 3 is 2.83 bits per heavy atom. The molecule has 0 fully saturated rings. The molecular weight excluding hydrogens is 248 g/mol. The lowest BCUT2D eigenvalue weighted by molar-refractivity contribution is -0.118. The Hall–Kier alpha value is -1.36. The number of carbonyl (C=O) groups excluding carboxylic acids is 1. The second-order valence-corrected chi connectivity index (χ2v) is 5.64. The van der Waals surface area contributed by atoms with Crippen molar-refractivity contribution in [3.8, 4) is 0 Å². The molecule has 1 amide bonds. The largest absolute Gasteiger partial charge is 0.399 e. The summed E-state index contributed by atoms with van der Waals surface area (Å²) < 4.78 is 12.1. The standard InChI is InChI=1S/C13H20N2O2S/c1-3-4-7-15-13(16)9-18(17)12-8-11(14)6-5-10(12)2/h5-6,8H,3-4,7,9,14H2,1-2H3,(H,15,16). The van der Waals surface area contributed by atoms with Gasteiger partial charge in [-0.25, -0.2) is 0 Å². The SMILES string of the molecule is CCCCNC(=O)CS(=O)c1cc(N)ccc1C. The summed E-state index contributed by atoms with van der Waals surface area (Å²) in [6.45, 7) is 4.56. The number of nitrogens with one attached hydrogen (secondary N) is 1. The van der Waals surface area contributed by atoms with E-state index in [1.807, 2.05) is 13.0 Å². The zero-order chi connectivity index (χ0) is 13.5. The zero-order valence-corrected chi connectivity index (χ0v) is 11.7. The van der Waals surface area contributed by atoms with Crippen LogP contribution in [0.2, 0.25) is 0 Å². The number of rotatable bonds is 6. The second kappa shape index (κ2) is 7.16. The molecule has 1 unspecified atom stereocenters. The second-order valence-electron chi connectivity index (χ2n) is 4.22. The maximum Gasteiger partial charge on any atom is 0.232 e. The summed E-state index contributed by atoms with van der Waals surface area (Å²) in [6, 6.07) is 5.25. The van der Waals surface area contributed by atoms with Crippen LogP contribution in [-0.4, -0.2) is 22.4 Å². The molecule has 0 aromatic heterocycles. The molecule has 0 radical (unpaired) electrons. The van der Waals surface area contributed by atoms with Crippen molar-refractivity contribution in [3.05, 3.63) is 23.8 Å². The molecule has 1 aromatic rings. The molecule has 0 heterocycles. The first-order chi connectivity index (χ1) is 8.54. The van der Waals surface area contributed by atoms with Crippen molar-refractivity contribution in [3.63, 3.8) is 0 Å². The molecule has 4 nitrogen and oxygen atoms in total. The Kier molecular flexibility index (Phi) is 5.85. The molecule has 1 atom stereocenters. The van der Waals surface area contributed by atoms with E-state index >= 15 is 0 Å². The molecule has 3 N–H and O–H groups in total. The van der Waals surface area contributed by atoms with Gasteiger partial charge in [0, 0.05) is 17.1 Å². The van der Waals surface area contributed by atoms with Crippen molar-refractivity contribution >= 4 is 22.4 Å². The van der Waals surface area contributed by atoms with Gasteiger partial charge in [0.1, 0.15) is 5.75 Å². The Bertz CT molecular complexity index is 447. The minimum Gasteiger partial charge on any atom is -0.399 e. The molecule has 0 aliphatic heterocycles. The van der Waals surface area contributed by atoms with Crippen LogP contribution in [0.3, 0.4) is 0 Å². The molecule has 100 valence electrons. The molecule has 0 aliphatic rings. The number of amides is 1. The van der Waals surface area contributed by atoms with E-state index in [9.17, 15) is 9.00 Å². The first-order valence-electron chi connectivity index (χ1n) is 6.05. The van der Waals surface area contributed by atoms with Crippen LogP contribution >= 0.6 is 0 Å². The number of aryl methyl sites for hydroxylation is 1. The fourth-order valence-electron chi connectivity index (χ4n) is 1.51. The number of hydrogen-bond donors (Lipinski definition) is 2. The smallest absolute Gasteiger partial charge is 0.232 e. The molecule has 0 spiro atoms. The normalized spacial score (nSPS) is 12.1. The van der Waals surface area contributed by atoms with Crippen LogP contribution in [0.1, 0.15) is 25.3 Å². The van der Waals surface area contributed by atoms with Crippen LogP contribution in [0, 0.1) is 6.92 Å². The van der Waals surface area contributed by atoms with Crippen molar-refractivity contribution in [1.29, 1.82) is 0 Å². The highest BCUT2D eigenvalue weighted by Crippen LogP contribution is 2.16. The quantitative estimate of drug-likeness (QED) is 0.608. The van der Waals surface area contributed by atoms with Crippen molar-refractivity contribution < 1.29 is 9.00 Å². The van der Waals surface area contributed by atoms with E-state index in [0.29, 0.717) is 17.1 Å². The third-order valence-corrected chi connectivity index (χ3v) is 4.03. The monoisotopic (exact) mass is 268 g/mol. The Morgan fingerprint density at radius 2 is 2.17 bits per heavy atom. The molecule has 0 aliphatic carbocycles. The number of unbranched alkanes of at least 4 members (excludes halogenated alkanes) is 1. The fraction of sp³-hybridized carbons (Fsp3) is 0.462. The summed E-state index contributed by atoms with van der Waals surface area (Å²) >= 11 is 0. The summed E-state index contributed by atoms with van der Waals surface area (Å²) in [4.78, 5) is 12.2. The van der Waals surface area contributed by atoms with Gasteiger partial charge in [0.2, 0.25) is 5.91 Å². The van der Waals surface area contributed by atoms with E-state index in [1.54, 1.807) is 12.1 Å². The van der Waals surface area contributed by atoms with Gasteiger partial charge >= 0.3 is 0 Å². The van der Waals surface area contributed by atoms with E-state index in [1.165, 1.54) is 0 Å². The molecule has 0 bridgehead atoms. The average Bonchev–Trinajstić information content (AvgIpc) is 2.32. The van der Waals surface area contributed by atoms with Crippen molar-refractivity contribution in [2.24, 2.45) is 0 Å². The van der Waals surface area contributed by atoms with Gasteiger partial charge in [-0.2, -0.15) is 0 Å². The van der Waals surface area contributed by atoms with Crippen molar-refractivity contribution in [2.75, 3.05) is 18.0 Å². The van der Waals surface area contributed by atoms with Crippen LogP contribution in [0.25, 0.3) is 0 Å². The highest BCUT2D eigenvalue weighted by Gasteiger charge is 2.12. The molecule has 5 heteroatoms. The third-order valence-electron chi connectivity index (χ3n) is 2.57. The number of nitrogens with two attached hydrogens (primary N) is 1. The molecule has 18 heavy (non-hydrogen) atoms. The van der Waals surface area contributed by atoms with Crippen LogP contribution in [0.4, 0.5) is 5.69 Å². The molecule has 0 saturated carbocycles. The lowest BCUT2D eigenvalue weighted by Gasteiger charge is -2.07. The summed E-state index contributed by atoms with van der Waals surface area (Å²) in [5.74, 6) is -0.183. The lowest BCUT2D eigenvalue weighted by Crippen LogP contribution is -2.29. The van der Waals surface area contributed by atoms with Crippen molar-refractivity contribution in [2.45, 2.75) is 31.6 Å². The van der Waals surface area contributed by atoms with E-state index in [0.717, 1.165) is 18.4 Å². The van der Waals surface area contributed by atoms with E-state index in [4.69, 9.17) is 5.73 Å². The fourth-order valence-corrected chi connectivity index (χ4v) is 2.70. The zero-order valence-electron chi connectivity index (χ0n) is 10.9. The lowest BCUT2D eigenvalue weighted by atomic mass is 10.2. The van der Waals surface area contributed by atoms with Gasteiger partial charge in [-0.05, 0) is 31.0 Å². The number of nitrogen functional groups attached to an aromatic ring is 1. The maximum atomic E-state index is 12.1. The van der Waals surface area contributed by atoms with Crippen LogP contribution < -0.4 is 11.1 Å². The summed E-state index contributed by atoms with van der Waals surface area (Å²) in [5, 5.41) is 2.76. The number of benzene rings is 1. The van der Waals surface area contributed by atoms with Crippen LogP contribution in [-0.2, 0) is 15.6 Å². The highest BCUT2D eigenvalue weighted by atomic mass is 32.2. The van der Waals surface area contributed by atoms with Crippen LogP contribution in [0.15, 0.2) is 23.1 Å². The topological polar surface area (TPSA) is 72.2 Å². The van der Waals surface area contributed by atoms with E-state index < -0.39 is 10.8 Å². The maximum absolute atomic E-state index is 12.1. The highest BCUT2D eigenvalue weighted by molar-refractivity contribution is 7.85. The number of hydrogen-bond acceptors (Lipinski definition) is 3. The molecular formula is C13H20N2O2S. The predicted octanol–water partition coefficient (Wildman–Crippen LogP) is 1.60. The van der Waals surface area contributed by atoms with Gasteiger partial charge in [0.05, 0.1) is 10.8 Å². The summed E-state index contributed by atoms with van der Waals surface area (Å²) in [7, 11) is -1.33. The Morgan fingerprint density at radius 1 is 1.44 bits per heavy atom. The van der Waals surface area contributed by atoms with Crippen molar-refractivity contribution in [1.82, 2.24) is 5.32 Å². The van der Waals surface area contributed by atoms with Gasteiger partial charge < -0.3 is 11.1 Å². The third kappa shape index (κ3) is 4.49. The Balaban J connectivity index is 2.59. The molecule has 1 aromatic carbocycles. The van der Waals surface area contributed by atoms with E-state index in [2.05, 4.69) is 12.2 Å². The minimum absolute atomic E-state index is 0.00594. The summed E-state index contributed by atoms with van der Waals surface area (Å²) in [6.07, 6.45) is 1.97. The first kappa shape index (κ1) is 14.7. The first-order valence-corrected chi connectivity index (χ1v) is 7.37. The number of anilines is 1. The van der Waals surface area contributed by atoms with Gasteiger partial charge in [0.15, 0.2) is 0 Å². The van der Waals surface area contributed by atoms with Gasteiger partial charge in [0.25, 0.3) is 0 Å². The van der Waals surface area contributed by atoms with Gasteiger partial charge in [-0.15, -0.1) is 0 Å². The average molecular weight is 268 g/mol. The number of carbonyl (C=O) groups is 1. The Labute approximate surface area is 110 Å². The van der Waals surface area contributed by atoms with Gasteiger partial charge in [-0.3, -0.25) is 9.00 Å². The van der Waals surface area contributed by atoms with Gasteiger partial charge in [-0.1, -0.05) is 19.4 Å².